The van der Waals surface area contributed by atoms with E-state index in [1.165, 1.54) is 56.3 Å². The molecule has 0 radical (unpaired) electrons. The summed E-state index contributed by atoms with van der Waals surface area (Å²) in [6.45, 7) is -2.88. The third kappa shape index (κ3) is 28.4. The number of β-amino-alcohol motifs (C(OH)–C–C–N with tert-alkyl or cyclic N) is 1. The number of aliphatic hydroxyl groups excluding tert-OH is 11. The summed E-state index contributed by atoms with van der Waals surface area (Å²) in [4.78, 5) is 222. The van der Waals surface area contributed by atoms with Gasteiger partial charge in [0.2, 0.25) is 83.1 Å². The first-order valence-corrected chi connectivity index (χ1v) is 39.0. The molecule has 7 rings (SSSR count). The normalized spacial score (nSPS) is 29.9. The molecule has 1 saturated heterocycles. The molecule has 0 aliphatic carbocycles. The van der Waals surface area contributed by atoms with Crippen molar-refractivity contribution in [3.8, 4) is 0 Å². The quantitative estimate of drug-likeness (QED) is 0.0496. The lowest BCUT2D eigenvalue weighted by Gasteiger charge is -2.39. The number of carbonyl (C=O) groups is 15. The lowest BCUT2D eigenvalue weighted by Crippen LogP contribution is -3.10. The largest absolute Gasteiger partial charge is 0.548 e. The summed E-state index contributed by atoms with van der Waals surface area (Å²) in [5, 5.41) is 161. The van der Waals surface area contributed by atoms with Crippen LogP contribution in [0.4, 0.5) is 0 Å². The zero-order valence-corrected chi connectivity index (χ0v) is 67.4. The van der Waals surface area contributed by atoms with Crippen LogP contribution in [0.1, 0.15) is 75.5 Å². The molecule has 0 spiro atoms. The van der Waals surface area contributed by atoms with Crippen molar-refractivity contribution in [1.82, 2.24) is 68.7 Å². The Morgan fingerprint density at radius 1 is 0.607 bits per heavy atom. The van der Waals surface area contributed by atoms with Gasteiger partial charge in [0.05, 0.1) is 94.7 Å². The molecule has 1 fully saturated rings. The molecular formula is C76H101BrN16O29. The minimum absolute atomic E-state index is 0.256. The Morgan fingerprint density at radius 2 is 1.17 bits per heavy atom. The lowest BCUT2D eigenvalue weighted by atomic mass is 9.92. The first kappa shape index (κ1) is 97.8. The van der Waals surface area contributed by atoms with Crippen molar-refractivity contribution in [2.75, 3.05) is 39.6 Å². The van der Waals surface area contributed by atoms with Crippen LogP contribution in [0.5, 0.6) is 0 Å². The fourth-order valence-corrected chi connectivity index (χ4v) is 13.3. The molecule has 0 saturated carbocycles. The van der Waals surface area contributed by atoms with Crippen molar-refractivity contribution in [3.63, 3.8) is 0 Å². The molecule has 23 atom stereocenters. The molecule has 3 aromatic carbocycles. The average molecular weight is 1780 g/mol. The number of amides is 14. The molecule has 4 aliphatic rings. The molecule has 45 nitrogen and oxygen atoms in total. The average Bonchev–Trinajstić information content (AvgIpc) is 1.57. The first-order valence-electron chi connectivity index (χ1n) is 38.2. The van der Waals surface area contributed by atoms with Gasteiger partial charge < -0.3 is 151 Å². The number of quaternary nitrogens is 1. The Bertz CT molecular complexity index is 4320. The van der Waals surface area contributed by atoms with Crippen LogP contribution < -0.4 is 85.4 Å². The van der Waals surface area contributed by atoms with E-state index in [-0.39, 0.29) is 5.56 Å². The van der Waals surface area contributed by atoms with E-state index in [9.17, 15) is 124 Å². The number of primary amides is 2. The van der Waals surface area contributed by atoms with Crippen molar-refractivity contribution in [2.24, 2.45) is 11.5 Å². The van der Waals surface area contributed by atoms with Crippen molar-refractivity contribution < 1.29 is 148 Å². The summed E-state index contributed by atoms with van der Waals surface area (Å²) in [5.41, 5.74) is 12.3. The second-order valence-electron chi connectivity index (χ2n) is 29.3. The van der Waals surface area contributed by atoms with Gasteiger partial charge in [0, 0.05) is 23.2 Å². The van der Waals surface area contributed by atoms with Gasteiger partial charge in [-0.25, -0.2) is 0 Å². The Kier molecular flexibility index (Phi) is 36.9. The summed E-state index contributed by atoms with van der Waals surface area (Å²) in [6, 6.07) is -1.51. The number of benzene rings is 3. The van der Waals surface area contributed by atoms with E-state index in [0.717, 1.165) is 18.0 Å². The fraction of sp³-hybridized carbons (Fsp3) is 0.487. The number of carbonyl (C=O) groups excluding carboxylic acids is 15. The van der Waals surface area contributed by atoms with Gasteiger partial charge in [-0.15, -0.1) is 5.06 Å². The van der Waals surface area contributed by atoms with Gasteiger partial charge in [-0.1, -0.05) is 119 Å². The van der Waals surface area contributed by atoms with Gasteiger partial charge in [-0.3, -0.25) is 67.1 Å². The number of aliphatic hydroxyl groups is 11. The summed E-state index contributed by atoms with van der Waals surface area (Å²) in [7, 11) is 0. The van der Waals surface area contributed by atoms with E-state index in [4.69, 9.17) is 21.0 Å². The number of nitrogens with two attached hydrogens (primary N) is 2. The molecule has 14 amide bonds. The zero-order chi connectivity index (χ0) is 90.1. The number of nitrogens with zero attached hydrogens (tertiary/aromatic N) is 1. The highest BCUT2D eigenvalue weighted by molar-refractivity contribution is 9.10. The monoisotopic (exact) mass is 1780 g/mol. The third-order valence-electron chi connectivity index (χ3n) is 19.8. The van der Waals surface area contributed by atoms with Crippen LogP contribution in [-0.2, 0) is 87.9 Å². The number of hydrogen-bond acceptors (Lipinski definition) is 30. The molecule has 666 valence electrons. The van der Waals surface area contributed by atoms with Gasteiger partial charge in [-0.05, 0) is 49.1 Å². The molecular weight excluding hydrogens is 1680 g/mol. The third-order valence-corrected chi connectivity index (χ3v) is 20.4. The highest BCUT2D eigenvalue weighted by Gasteiger charge is 2.49. The number of halogens is 1. The molecule has 28 N–H and O–H groups in total. The summed E-state index contributed by atoms with van der Waals surface area (Å²) in [6.07, 6.45) is -22.4. The Hall–Kier alpha value is -11.3. The maximum absolute atomic E-state index is 15.4. The van der Waals surface area contributed by atoms with E-state index in [1.54, 1.807) is 60.7 Å². The number of rotatable bonds is 19. The van der Waals surface area contributed by atoms with Crippen molar-refractivity contribution in [2.45, 2.75) is 193 Å². The zero-order valence-electron chi connectivity index (χ0n) is 65.8. The van der Waals surface area contributed by atoms with Crippen molar-refractivity contribution in [3.05, 3.63) is 136 Å². The van der Waals surface area contributed by atoms with Crippen molar-refractivity contribution >= 4 is 111 Å². The van der Waals surface area contributed by atoms with Crippen LogP contribution in [0.3, 0.4) is 0 Å². The number of carboxylic acids is 1. The number of aliphatic carboxylic acids is 1. The number of allylic oxidation sites excluding steroid dienone is 2. The van der Waals surface area contributed by atoms with Crippen molar-refractivity contribution in [1.29, 1.82) is 0 Å². The highest BCUT2D eigenvalue weighted by atomic mass is 79.9. The number of carboxylic acid groups (broad SMARTS) is 1. The highest BCUT2D eigenvalue weighted by Crippen LogP contribution is 2.25. The van der Waals surface area contributed by atoms with Crippen LogP contribution in [0.25, 0.3) is 6.08 Å². The SMILES string of the molecule is CC(/C=C/c1ccccc1)=C\[C@H](O)[C@@H]1CC(=O)N[C@@H](CO)C(=O)N[C@@H]2CN3C=C(C[C@H](NC(=O)C[C@H](O)C[C@@H](C(=O)[O-])NC(=O)[C@@H](O)CNC(=O)[C@H]([C@@H](C)c4ccc(Br)cc4)NC(=O)[C@H]([C@@H](O)C(N)=O)NC(=O)[C@H](CC(N)=O)NC2=O)C(=O)N[C@@H]([C@H](C)O)C(=O)N[C@@H](CO)C(=O)N[C@@H](Cc2ccccc2)C(=O)N1)[NH+](O[C@@H]1O[C@H](CO)[C@H](O)[C@H](O)[C@H]1O)C3. The second-order valence-corrected chi connectivity index (χ2v) is 30.2. The molecule has 4 bridgehead atoms. The minimum atomic E-state index is -2.79. The van der Waals surface area contributed by atoms with E-state index in [1.807, 2.05) is 10.6 Å². The fourth-order valence-electron chi connectivity index (χ4n) is 13.0. The van der Waals surface area contributed by atoms with Crippen LogP contribution in [0.2, 0.25) is 0 Å². The Morgan fingerprint density at radius 3 is 1.79 bits per heavy atom. The maximum Gasteiger partial charge on any atom is 0.251 e. The van der Waals surface area contributed by atoms with Crippen LogP contribution >= 0.6 is 15.9 Å². The van der Waals surface area contributed by atoms with Crippen LogP contribution in [-0.4, -0.2) is 317 Å². The smallest absolute Gasteiger partial charge is 0.251 e. The van der Waals surface area contributed by atoms with E-state index in [2.05, 4.69) is 69.1 Å². The Balaban J connectivity index is 1.44. The second kappa shape index (κ2) is 46.1. The van der Waals surface area contributed by atoms with E-state index >= 15 is 9.59 Å². The molecule has 4 heterocycles. The first-order chi connectivity index (χ1) is 57.7. The van der Waals surface area contributed by atoms with Crippen LogP contribution in [0.15, 0.2) is 119 Å². The predicted molar refractivity (Wildman–Crippen MR) is 418 cm³/mol. The van der Waals surface area contributed by atoms with Crippen LogP contribution in [0, 0.1) is 0 Å². The summed E-state index contributed by atoms with van der Waals surface area (Å²) >= 11 is 3.27. The molecule has 3 aromatic rings. The number of hydrogen-bond donors (Lipinski definition) is 26. The van der Waals surface area contributed by atoms with Gasteiger partial charge in [-0.2, -0.15) is 4.84 Å². The molecule has 4 aliphatic heterocycles. The number of hydroxylamine groups is 2. The Labute approximate surface area is 703 Å². The molecule has 122 heavy (non-hydrogen) atoms. The number of nitrogens with one attached hydrogen (secondary N) is 13. The predicted octanol–water partition coefficient (Wildman–Crippen LogP) is -13.9. The van der Waals surface area contributed by atoms with Gasteiger partial charge >= 0.3 is 0 Å². The number of fused-ring (bicyclic) bond motifs is 2. The van der Waals surface area contributed by atoms with Gasteiger partial charge in [0.25, 0.3) is 5.91 Å². The molecule has 0 aromatic heterocycles. The maximum atomic E-state index is 15.4. The lowest BCUT2D eigenvalue weighted by molar-refractivity contribution is -1.07. The van der Waals surface area contributed by atoms with Gasteiger partial charge in [0.15, 0.2) is 18.5 Å². The minimum Gasteiger partial charge on any atom is -0.548 e. The summed E-state index contributed by atoms with van der Waals surface area (Å²) in [5.74, 6) is -23.9. The van der Waals surface area contributed by atoms with E-state index < -0.39 is 311 Å². The molecule has 46 heteroatoms. The molecule has 1 unspecified atom stereocenters. The number of ether oxygens (including phenoxy) is 1. The summed E-state index contributed by atoms with van der Waals surface area (Å²) < 4.78 is 6.14. The topological polar surface area (TPSA) is 724 Å². The standard InChI is InChI=1S/C76H101BrN16O29/c1-34(14-15-37-10-6-4-7-11-37)20-51(99)43-26-56(103)82-49(30-94)69(113)87-48-29-92-28-41(93(33-92)122-76-63(107)62(106)60(104)53(32-96)121-76)22-45(66(110)90-58(36(3)97)73(117)88-50(31-95)70(114)84-44(65(109)83-43)21-38-12-8-5-9-13-38)81-55(102)24-42(98)23-47(75(119)120)86-71(115)52(100)27-80-72(116)57(35(2)39-16-18-40(77)19-17-39)89-74(118)59(61(105)64(79)108)91-67(111)46(25-54(78)101)85-68(48)112/h4-20,28,35-36,42-53,57-63,76,94-100,104-107H,21-27,29-33H2,1-3H3,(H2,78,101)(H2,79,108)(H,80,116)(H,81,102)(H,82,103)(H,83,109)(H,84,114)(H,85,112)(H,86,115)(H,87,113)(H,88,117)(H,89,118)(H,90,110)(H,91,111)(H,119,120)/b15-14+,34-20+/t35-,36-,42+,43-,44-,45-,46-,47-,48+,49-,50-,51-,52-,53+,57-,58-,59-,60-,61+,62-,63+,76-/m0/s1. The van der Waals surface area contributed by atoms with Gasteiger partial charge in [0.1, 0.15) is 84.9 Å². The van der Waals surface area contributed by atoms with E-state index in [0.29, 0.717) is 21.2 Å².